The Hall–Kier alpha value is -2.31. The Bertz CT molecular complexity index is 622. The van der Waals surface area contributed by atoms with Gasteiger partial charge in [-0.25, -0.2) is 14.3 Å². The minimum absolute atomic E-state index is 0.0805. The molecule has 0 spiro atoms. The first-order valence-corrected chi connectivity index (χ1v) is 5.63. The summed E-state index contributed by atoms with van der Waals surface area (Å²) in [7, 11) is 0. The van der Waals surface area contributed by atoms with Crippen molar-refractivity contribution >= 4 is 17.4 Å². The third kappa shape index (κ3) is 1.64. The molecule has 2 N–H and O–H groups in total. The van der Waals surface area contributed by atoms with E-state index in [0.717, 1.165) is 6.54 Å². The normalized spacial score (nSPS) is 18.6. The number of nitrogens with zero attached hydrogens (tertiary/aromatic N) is 3. The lowest BCUT2D eigenvalue weighted by atomic mass is 10.2. The standard InChI is InChI=1S/C11H12N4O3/c1-6-2-12-9-8(18-5-6)4-15-10(14-9)7(3-13-15)11(16)17/h3-4,6H,2,5H2,1H3,(H,12,14)(H,16,17)/t6-/m0/s1. The summed E-state index contributed by atoms with van der Waals surface area (Å²) in [5, 5.41) is 16.1. The summed E-state index contributed by atoms with van der Waals surface area (Å²) in [6.07, 6.45) is 2.93. The summed E-state index contributed by atoms with van der Waals surface area (Å²) in [4.78, 5) is 15.3. The molecular weight excluding hydrogens is 236 g/mol. The lowest BCUT2D eigenvalue weighted by Crippen LogP contribution is -2.13. The van der Waals surface area contributed by atoms with Crippen LogP contribution in [0.15, 0.2) is 12.4 Å². The van der Waals surface area contributed by atoms with E-state index in [1.165, 1.54) is 10.7 Å². The van der Waals surface area contributed by atoms with Crippen LogP contribution in [0.25, 0.3) is 5.65 Å². The van der Waals surface area contributed by atoms with Crippen molar-refractivity contribution in [2.75, 3.05) is 18.5 Å². The van der Waals surface area contributed by atoms with Crippen molar-refractivity contribution in [3.63, 3.8) is 0 Å². The topological polar surface area (TPSA) is 88.8 Å². The second-order valence-corrected chi connectivity index (χ2v) is 4.38. The lowest BCUT2D eigenvalue weighted by molar-refractivity contribution is 0.0699. The molecule has 1 aliphatic rings. The predicted molar refractivity (Wildman–Crippen MR) is 63.1 cm³/mol. The van der Waals surface area contributed by atoms with Crippen molar-refractivity contribution in [3.05, 3.63) is 18.0 Å². The van der Waals surface area contributed by atoms with Crippen molar-refractivity contribution in [2.45, 2.75) is 6.92 Å². The molecule has 1 atom stereocenters. The minimum Gasteiger partial charge on any atom is -0.488 e. The molecule has 3 heterocycles. The van der Waals surface area contributed by atoms with E-state index in [0.29, 0.717) is 29.7 Å². The van der Waals surface area contributed by atoms with Crippen molar-refractivity contribution in [2.24, 2.45) is 5.92 Å². The van der Waals surface area contributed by atoms with Crippen molar-refractivity contribution in [1.29, 1.82) is 0 Å². The molecule has 0 bridgehead atoms. The Labute approximate surface area is 102 Å². The van der Waals surface area contributed by atoms with Crippen molar-refractivity contribution in [3.8, 4) is 5.75 Å². The quantitative estimate of drug-likeness (QED) is 0.778. The molecule has 1 aliphatic heterocycles. The van der Waals surface area contributed by atoms with Gasteiger partial charge < -0.3 is 15.2 Å². The van der Waals surface area contributed by atoms with Crippen LogP contribution in [0, 0.1) is 5.92 Å². The number of carbonyl (C=O) groups is 1. The Morgan fingerprint density at radius 3 is 3.28 bits per heavy atom. The number of rotatable bonds is 1. The Morgan fingerprint density at radius 2 is 2.50 bits per heavy atom. The van der Waals surface area contributed by atoms with Gasteiger partial charge in [-0.3, -0.25) is 0 Å². The highest BCUT2D eigenvalue weighted by Crippen LogP contribution is 2.26. The molecule has 0 amide bonds. The van der Waals surface area contributed by atoms with Crippen LogP contribution < -0.4 is 10.1 Å². The molecule has 7 nitrogen and oxygen atoms in total. The number of aromatic nitrogens is 3. The number of hydrogen-bond acceptors (Lipinski definition) is 5. The van der Waals surface area contributed by atoms with Crippen LogP contribution in [0.1, 0.15) is 17.3 Å². The maximum atomic E-state index is 11.0. The second kappa shape index (κ2) is 3.86. The molecule has 0 saturated heterocycles. The summed E-state index contributed by atoms with van der Waals surface area (Å²) in [6.45, 7) is 3.40. The molecule has 0 radical (unpaired) electrons. The van der Waals surface area contributed by atoms with Crippen LogP contribution in [0.3, 0.4) is 0 Å². The van der Waals surface area contributed by atoms with Crippen LogP contribution in [0.4, 0.5) is 5.82 Å². The molecule has 0 fully saturated rings. The monoisotopic (exact) mass is 248 g/mol. The Kier molecular flexibility index (Phi) is 2.32. The molecule has 0 aromatic carbocycles. The number of carboxylic acids is 1. The van der Waals surface area contributed by atoms with E-state index < -0.39 is 5.97 Å². The average molecular weight is 248 g/mol. The highest BCUT2D eigenvalue weighted by Gasteiger charge is 2.19. The van der Waals surface area contributed by atoms with Gasteiger partial charge in [0.25, 0.3) is 0 Å². The van der Waals surface area contributed by atoms with E-state index in [4.69, 9.17) is 9.84 Å². The smallest absolute Gasteiger partial charge is 0.341 e. The van der Waals surface area contributed by atoms with Gasteiger partial charge in [-0.05, 0) is 0 Å². The first-order chi connectivity index (χ1) is 8.65. The first kappa shape index (κ1) is 10.8. The van der Waals surface area contributed by atoms with E-state index in [2.05, 4.69) is 22.3 Å². The fourth-order valence-electron chi connectivity index (χ4n) is 1.84. The molecular formula is C11H12N4O3. The molecule has 0 aliphatic carbocycles. The minimum atomic E-state index is -1.04. The van der Waals surface area contributed by atoms with Crippen molar-refractivity contribution in [1.82, 2.24) is 14.6 Å². The molecule has 18 heavy (non-hydrogen) atoms. The van der Waals surface area contributed by atoms with E-state index >= 15 is 0 Å². The van der Waals surface area contributed by atoms with Gasteiger partial charge in [-0.2, -0.15) is 5.10 Å². The molecule has 3 rings (SSSR count). The van der Waals surface area contributed by atoms with Gasteiger partial charge in [0, 0.05) is 12.5 Å². The van der Waals surface area contributed by atoms with E-state index in [-0.39, 0.29) is 5.56 Å². The van der Waals surface area contributed by atoms with Gasteiger partial charge in [0.15, 0.2) is 17.2 Å². The van der Waals surface area contributed by atoms with Crippen LogP contribution in [-0.2, 0) is 0 Å². The van der Waals surface area contributed by atoms with E-state index in [1.54, 1.807) is 6.20 Å². The summed E-state index contributed by atoms with van der Waals surface area (Å²) in [5.74, 6) is 0.479. The summed E-state index contributed by atoms with van der Waals surface area (Å²) in [5.41, 5.74) is 0.392. The van der Waals surface area contributed by atoms with Crippen LogP contribution in [0.5, 0.6) is 5.75 Å². The van der Waals surface area contributed by atoms with E-state index in [1.807, 2.05) is 0 Å². The summed E-state index contributed by atoms with van der Waals surface area (Å²) >= 11 is 0. The largest absolute Gasteiger partial charge is 0.488 e. The highest BCUT2D eigenvalue weighted by atomic mass is 16.5. The van der Waals surface area contributed by atoms with Gasteiger partial charge >= 0.3 is 5.97 Å². The average Bonchev–Trinajstić information content (AvgIpc) is 2.66. The van der Waals surface area contributed by atoms with Crippen LogP contribution >= 0.6 is 0 Å². The molecule has 2 aromatic heterocycles. The number of carboxylic acid groups (broad SMARTS) is 1. The fraction of sp³-hybridized carbons (Fsp3) is 0.364. The molecule has 0 saturated carbocycles. The molecule has 2 aromatic rings. The number of fused-ring (bicyclic) bond motifs is 2. The molecule has 7 heteroatoms. The van der Waals surface area contributed by atoms with Gasteiger partial charge in [-0.15, -0.1) is 0 Å². The molecule has 0 unspecified atom stereocenters. The lowest BCUT2D eigenvalue weighted by Gasteiger charge is -2.06. The Morgan fingerprint density at radius 1 is 1.67 bits per heavy atom. The number of hydrogen-bond donors (Lipinski definition) is 2. The van der Waals surface area contributed by atoms with Crippen LogP contribution in [-0.4, -0.2) is 38.8 Å². The number of ether oxygens (including phenoxy) is 1. The molecule has 94 valence electrons. The number of nitrogens with one attached hydrogen (secondary N) is 1. The van der Waals surface area contributed by atoms with Crippen molar-refractivity contribution < 1.29 is 14.6 Å². The number of anilines is 1. The van der Waals surface area contributed by atoms with Gasteiger partial charge in [0.1, 0.15) is 5.56 Å². The van der Waals surface area contributed by atoms with E-state index in [9.17, 15) is 4.79 Å². The zero-order chi connectivity index (χ0) is 12.7. The zero-order valence-electron chi connectivity index (χ0n) is 9.75. The predicted octanol–water partition coefficient (Wildman–Crippen LogP) is 0.868. The third-order valence-corrected chi connectivity index (χ3v) is 2.83. The first-order valence-electron chi connectivity index (χ1n) is 5.63. The van der Waals surface area contributed by atoms with Gasteiger partial charge in [0.2, 0.25) is 0 Å². The second-order valence-electron chi connectivity index (χ2n) is 4.38. The summed E-state index contributed by atoms with van der Waals surface area (Å²) in [6, 6.07) is 0. The summed E-state index contributed by atoms with van der Waals surface area (Å²) < 4.78 is 7.02. The van der Waals surface area contributed by atoms with Gasteiger partial charge in [-0.1, -0.05) is 6.92 Å². The number of aromatic carboxylic acids is 1. The SMILES string of the molecule is C[C@H]1CNc2nc3c(C(=O)O)cnn3cc2OC1. The maximum absolute atomic E-state index is 11.0. The van der Waals surface area contributed by atoms with Crippen LogP contribution in [0.2, 0.25) is 0 Å². The fourth-order valence-corrected chi connectivity index (χ4v) is 1.84. The Balaban J connectivity index is 2.14. The van der Waals surface area contributed by atoms with Gasteiger partial charge in [0.05, 0.1) is 19.0 Å². The third-order valence-electron chi connectivity index (χ3n) is 2.83. The zero-order valence-corrected chi connectivity index (χ0v) is 9.75. The highest BCUT2D eigenvalue weighted by molar-refractivity contribution is 5.94. The maximum Gasteiger partial charge on any atom is 0.341 e.